The molecule has 112 valence electrons. The van der Waals surface area contributed by atoms with Crippen LogP contribution >= 0.6 is 27.5 Å². The third-order valence-corrected chi connectivity index (χ3v) is 4.22. The predicted octanol–water partition coefficient (Wildman–Crippen LogP) is 5.27. The molecule has 21 heavy (non-hydrogen) atoms. The monoisotopic (exact) mass is 373 g/mol. The molecule has 0 amide bonds. The van der Waals surface area contributed by atoms with E-state index in [1.807, 2.05) is 6.92 Å². The van der Waals surface area contributed by atoms with Gasteiger partial charge in [-0.2, -0.15) is 0 Å². The summed E-state index contributed by atoms with van der Waals surface area (Å²) in [5.41, 5.74) is 1.42. The van der Waals surface area contributed by atoms with Gasteiger partial charge < -0.3 is 5.32 Å². The lowest BCUT2D eigenvalue weighted by Crippen LogP contribution is -2.23. The summed E-state index contributed by atoms with van der Waals surface area (Å²) in [6.45, 7) is 2.69. The lowest BCUT2D eigenvalue weighted by molar-refractivity contribution is 0.525. The summed E-state index contributed by atoms with van der Waals surface area (Å²) < 4.78 is 27.9. The van der Waals surface area contributed by atoms with Crippen LogP contribution in [0.25, 0.3) is 0 Å². The maximum Gasteiger partial charge on any atom is 0.145 e. The second kappa shape index (κ2) is 7.34. The number of nitrogens with one attached hydrogen (secondary N) is 1. The molecule has 0 saturated carbocycles. The lowest BCUT2D eigenvalue weighted by atomic mass is 9.98. The molecule has 5 heteroatoms. The van der Waals surface area contributed by atoms with Gasteiger partial charge in [-0.25, -0.2) is 8.78 Å². The molecular weight excluding hydrogens is 360 g/mol. The Kier molecular flexibility index (Phi) is 5.73. The van der Waals surface area contributed by atoms with Crippen molar-refractivity contribution in [3.8, 4) is 0 Å². The Balaban J connectivity index is 2.33. The minimum Gasteiger partial charge on any atom is -0.310 e. The lowest BCUT2D eigenvalue weighted by Gasteiger charge is -2.20. The first kappa shape index (κ1) is 16.4. The maximum atomic E-state index is 14.1. The standard InChI is InChI=1S/C16H15BrClF2N/c1-2-21-15(12-7-6-11(19)9-13(12)17)8-10-4-3-5-14(18)16(10)20/h3-7,9,15,21H,2,8H2,1H3. The van der Waals surface area contributed by atoms with Gasteiger partial charge in [0.05, 0.1) is 5.02 Å². The highest BCUT2D eigenvalue weighted by molar-refractivity contribution is 9.10. The van der Waals surface area contributed by atoms with Gasteiger partial charge in [0.1, 0.15) is 11.6 Å². The zero-order chi connectivity index (χ0) is 15.4. The molecule has 0 heterocycles. The molecule has 1 unspecified atom stereocenters. The van der Waals surface area contributed by atoms with Crippen LogP contribution in [0, 0.1) is 11.6 Å². The van der Waals surface area contributed by atoms with Crippen LogP contribution in [0.3, 0.4) is 0 Å². The van der Waals surface area contributed by atoms with Gasteiger partial charge in [0.25, 0.3) is 0 Å². The molecule has 0 spiro atoms. The predicted molar refractivity (Wildman–Crippen MR) is 85.6 cm³/mol. The van der Waals surface area contributed by atoms with Crippen molar-refractivity contribution in [2.24, 2.45) is 0 Å². The van der Waals surface area contributed by atoms with E-state index in [1.54, 1.807) is 18.2 Å². The third kappa shape index (κ3) is 4.02. The smallest absolute Gasteiger partial charge is 0.145 e. The van der Waals surface area contributed by atoms with Gasteiger partial charge in [0.15, 0.2) is 0 Å². The van der Waals surface area contributed by atoms with Crippen molar-refractivity contribution >= 4 is 27.5 Å². The number of hydrogen-bond acceptors (Lipinski definition) is 1. The van der Waals surface area contributed by atoms with Crippen molar-refractivity contribution in [1.29, 1.82) is 0 Å². The Hall–Kier alpha value is -0.970. The van der Waals surface area contributed by atoms with E-state index in [0.717, 1.165) is 12.1 Å². The van der Waals surface area contributed by atoms with Crippen LogP contribution in [0.2, 0.25) is 5.02 Å². The molecule has 0 aliphatic carbocycles. The third-order valence-electron chi connectivity index (χ3n) is 3.24. The van der Waals surface area contributed by atoms with Crippen LogP contribution in [0.15, 0.2) is 40.9 Å². The number of rotatable bonds is 5. The SMILES string of the molecule is CCNC(Cc1cccc(Cl)c1F)c1ccc(F)cc1Br. The minimum absolute atomic E-state index is 0.112. The van der Waals surface area contributed by atoms with Crippen molar-refractivity contribution in [2.75, 3.05) is 6.54 Å². The average Bonchev–Trinajstić information content (AvgIpc) is 2.43. The van der Waals surface area contributed by atoms with E-state index in [9.17, 15) is 8.78 Å². The summed E-state index contributed by atoms with van der Waals surface area (Å²) in [6, 6.07) is 9.35. The van der Waals surface area contributed by atoms with Crippen LogP contribution in [-0.2, 0) is 6.42 Å². The van der Waals surface area contributed by atoms with Crippen LogP contribution in [0.1, 0.15) is 24.1 Å². The van der Waals surface area contributed by atoms with Gasteiger partial charge in [0, 0.05) is 10.5 Å². The number of halogens is 4. The van der Waals surface area contributed by atoms with Gasteiger partial charge in [-0.3, -0.25) is 0 Å². The number of hydrogen-bond donors (Lipinski definition) is 1. The normalized spacial score (nSPS) is 12.4. The second-order valence-corrected chi connectivity index (χ2v) is 5.95. The van der Waals surface area contributed by atoms with Crippen molar-refractivity contribution < 1.29 is 8.78 Å². The molecule has 2 rings (SSSR count). The van der Waals surface area contributed by atoms with Gasteiger partial charge >= 0.3 is 0 Å². The average molecular weight is 375 g/mol. The first-order chi connectivity index (χ1) is 10.0. The highest BCUT2D eigenvalue weighted by Gasteiger charge is 2.17. The number of benzene rings is 2. The van der Waals surface area contributed by atoms with Crippen molar-refractivity contribution in [1.82, 2.24) is 5.32 Å². The van der Waals surface area contributed by atoms with Gasteiger partial charge in [0.2, 0.25) is 0 Å². The minimum atomic E-state index is -0.402. The highest BCUT2D eigenvalue weighted by atomic mass is 79.9. The molecule has 2 aromatic rings. The molecule has 0 bridgehead atoms. The Morgan fingerprint density at radius 2 is 2.00 bits per heavy atom. The summed E-state index contributed by atoms with van der Waals surface area (Å²) >= 11 is 9.18. The fourth-order valence-corrected chi connectivity index (χ4v) is 3.07. The fourth-order valence-electron chi connectivity index (χ4n) is 2.25. The Labute approximate surface area is 136 Å². The van der Waals surface area contributed by atoms with Crippen molar-refractivity contribution in [3.63, 3.8) is 0 Å². The molecule has 0 aromatic heterocycles. The van der Waals surface area contributed by atoms with Gasteiger partial charge in [-0.05, 0) is 42.3 Å². The molecule has 0 aliphatic rings. The van der Waals surface area contributed by atoms with E-state index in [1.165, 1.54) is 18.2 Å². The van der Waals surface area contributed by atoms with E-state index in [2.05, 4.69) is 21.2 Å². The van der Waals surface area contributed by atoms with Crippen molar-refractivity contribution in [3.05, 3.63) is 68.7 Å². The van der Waals surface area contributed by atoms with Crippen LogP contribution in [0.5, 0.6) is 0 Å². The van der Waals surface area contributed by atoms with E-state index in [4.69, 9.17) is 11.6 Å². The second-order valence-electron chi connectivity index (χ2n) is 4.69. The van der Waals surface area contributed by atoms with Gasteiger partial charge in [-0.1, -0.05) is 52.7 Å². The fraction of sp³-hybridized carbons (Fsp3) is 0.250. The van der Waals surface area contributed by atoms with Crippen LogP contribution < -0.4 is 5.32 Å². The Morgan fingerprint density at radius 1 is 1.24 bits per heavy atom. The zero-order valence-corrected chi connectivity index (χ0v) is 13.8. The summed E-state index contributed by atoms with van der Waals surface area (Å²) in [4.78, 5) is 0. The van der Waals surface area contributed by atoms with Crippen molar-refractivity contribution in [2.45, 2.75) is 19.4 Å². The summed E-state index contributed by atoms with van der Waals surface area (Å²) in [7, 11) is 0. The van der Waals surface area contributed by atoms with E-state index in [0.29, 0.717) is 16.5 Å². The Morgan fingerprint density at radius 3 is 2.67 bits per heavy atom. The number of likely N-dealkylation sites (N-methyl/N-ethyl adjacent to an activating group) is 1. The summed E-state index contributed by atoms with van der Waals surface area (Å²) in [5.74, 6) is -0.713. The molecule has 1 N–H and O–H groups in total. The van der Waals surface area contributed by atoms with Crippen LogP contribution in [-0.4, -0.2) is 6.54 Å². The van der Waals surface area contributed by atoms with Crippen LogP contribution in [0.4, 0.5) is 8.78 Å². The topological polar surface area (TPSA) is 12.0 Å². The first-order valence-electron chi connectivity index (χ1n) is 6.64. The molecule has 2 aromatic carbocycles. The molecule has 1 atom stereocenters. The van der Waals surface area contributed by atoms with E-state index >= 15 is 0 Å². The highest BCUT2D eigenvalue weighted by Crippen LogP contribution is 2.29. The van der Waals surface area contributed by atoms with E-state index in [-0.39, 0.29) is 16.9 Å². The molecular formula is C16H15BrClF2N. The molecule has 0 aliphatic heterocycles. The van der Waals surface area contributed by atoms with E-state index < -0.39 is 5.82 Å². The van der Waals surface area contributed by atoms with Gasteiger partial charge in [-0.15, -0.1) is 0 Å². The molecule has 0 saturated heterocycles. The summed E-state index contributed by atoms with van der Waals surface area (Å²) in [5, 5.41) is 3.40. The summed E-state index contributed by atoms with van der Waals surface area (Å²) in [6.07, 6.45) is 0.435. The molecule has 1 nitrogen and oxygen atoms in total. The maximum absolute atomic E-state index is 14.1. The largest absolute Gasteiger partial charge is 0.310 e. The zero-order valence-electron chi connectivity index (χ0n) is 11.5. The quantitative estimate of drug-likeness (QED) is 0.751. The molecule has 0 radical (unpaired) electrons. The first-order valence-corrected chi connectivity index (χ1v) is 7.81. The Bertz CT molecular complexity index is 634. The molecule has 0 fully saturated rings.